The fraction of sp³-hybridized carbons (Fsp3) is 0.160. The van der Waals surface area contributed by atoms with E-state index in [-0.39, 0.29) is 33.1 Å². The number of thiazole rings is 1. The van der Waals surface area contributed by atoms with Gasteiger partial charge in [-0.1, -0.05) is 17.7 Å². The second kappa shape index (κ2) is 10.1. The molecule has 0 bridgehead atoms. The third-order valence-corrected chi connectivity index (χ3v) is 7.02. The number of hydrogen-bond donors (Lipinski definition) is 1. The van der Waals surface area contributed by atoms with Crippen molar-refractivity contribution in [2.24, 2.45) is 0 Å². The van der Waals surface area contributed by atoms with Crippen LogP contribution in [-0.4, -0.2) is 57.0 Å². The van der Waals surface area contributed by atoms with E-state index in [1.165, 1.54) is 41.9 Å². The first-order chi connectivity index (χ1) is 17.9. The molecule has 0 unspecified atom stereocenters. The van der Waals surface area contributed by atoms with Gasteiger partial charge in [0.25, 0.3) is 5.91 Å². The number of anilines is 1. The Bertz CT molecular complexity index is 1560. The summed E-state index contributed by atoms with van der Waals surface area (Å²) in [5, 5.41) is 19.8. The van der Waals surface area contributed by atoms with Gasteiger partial charge in [0.1, 0.15) is 40.9 Å². The molecular formula is C25H17ClF2N6O2S. The maximum atomic E-state index is 15.6. The molecule has 12 heteroatoms. The minimum absolute atomic E-state index is 0.0166. The van der Waals surface area contributed by atoms with Gasteiger partial charge < -0.3 is 14.9 Å². The van der Waals surface area contributed by atoms with Gasteiger partial charge in [-0.2, -0.15) is 5.26 Å². The quantitative estimate of drug-likeness (QED) is 0.298. The second-order valence-electron chi connectivity index (χ2n) is 8.13. The number of phenolic OH excluding ortho intramolecular Hbond substituents is 1. The van der Waals surface area contributed by atoms with E-state index in [0.717, 1.165) is 6.07 Å². The summed E-state index contributed by atoms with van der Waals surface area (Å²) >= 11 is 7.71. The van der Waals surface area contributed by atoms with Gasteiger partial charge in [-0.25, -0.2) is 18.7 Å². The van der Waals surface area contributed by atoms with Crippen molar-refractivity contribution in [1.29, 1.82) is 5.26 Å². The number of phenols is 1. The van der Waals surface area contributed by atoms with E-state index in [9.17, 15) is 19.6 Å². The Morgan fingerprint density at radius 1 is 1.19 bits per heavy atom. The van der Waals surface area contributed by atoms with Gasteiger partial charge in [-0.05, 0) is 24.3 Å². The summed E-state index contributed by atoms with van der Waals surface area (Å²) in [4.78, 5) is 29.3. The number of nitriles is 1. The van der Waals surface area contributed by atoms with Gasteiger partial charge in [0, 0.05) is 48.2 Å². The van der Waals surface area contributed by atoms with Crippen molar-refractivity contribution in [3.05, 3.63) is 69.4 Å². The fourth-order valence-electron chi connectivity index (χ4n) is 4.23. The molecule has 4 aromatic rings. The first-order valence-electron chi connectivity index (χ1n) is 11.0. The summed E-state index contributed by atoms with van der Waals surface area (Å²) in [6, 6.07) is 7.05. The average Bonchev–Trinajstić information content (AvgIpc) is 3.42. The number of fused-ring (bicyclic) bond motifs is 1. The van der Waals surface area contributed by atoms with Crippen molar-refractivity contribution in [2.45, 2.75) is 0 Å². The van der Waals surface area contributed by atoms with Gasteiger partial charge in [0.15, 0.2) is 5.82 Å². The number of aromatic nitrogens is 3. The zero-order valence-electron chi connectivity index (χ0n) is 19.0. The Morgan fingerprint density at radius 3 is 2.65 bits per heavy atom. The number of nitrogens with zero attached hydrogens (tertiary/aromatic N) is 6. The number of carbonyl (C=O) groups excluding carboxylic acids is 1. The minimum Gasteiger partial charge on any atom is -0.507 e. The molecule has 1 fully saturated rings. The molecule has 1 N–H and O–H groups in total. The Kier molecular flexibility index (Phi) is 6.69. The van der Waals surface area contributed by atoms with Crippen LogP contribution in [0.3, 0.4) is 0 Å². The molecule has 1 aliphatic rings. The second-order valence-corrected chi connectivity index (χ2v) is 9.45. The summed E-state index contributed by atoms with van der Waals surface area (Å²) in [6.07, 6.45) is 4.29. The van der Waals surface area contributed by atoms with Crippen molar-refractivity contribution < 1.29 is 18.7 Å². The summed E-state index contributed by atoms with van der Waals surface area (Å²) in [5.74, 6) is -2.13. The number of piperazine rings is 1. The number of amides is 1. The third-order valence-electron chi connectivity index (χ3n) is 6.00. The molecule has 0 atom stereocenters. The number of rotatable bonds is 4. The molecule has 0 radical (unpaired) electrons. The highest BCUT2D eigenvalue weighted by Gasteiger charge is 2.27. The topological polar surface area (TPSA) is 106 Å². The Morgan fingerprint density at radius 2 is 1.97 bits per heavy atom. The van der Waals surface area contributed by atoms with Crippen LogP contribution in [0.2, 0.25) is 5.02 Å². The number of carbonyl (C=O) groups is 1. The Labute approximate surface area is 218 Å². The molecule has 0 aliphatic carbocycles. The molecule has 1 aliphatic heterocycles. The van der Waals surface area contributed by atoms with E-state index in [1.54, 1.807) is 16.6 Å². The van der Waals surface area contributed by atoms with Crippen molar-refractivity contribution >= 4 is 51.6 Å². The van der Waals surface area contributed by atoms with E-state index in [0.29, 0.717) is 42.3 Å². The van der Waals surface area contributed by atoms with Crippen LogP contribution in [0.25, 0.3) is 28.1 Å². The van der Waals surface area contributed by atoms with E-state index in [4.69, 9.17) is 11.6 Å². The standard InChI is InChI=1S/C25H17ClF2N6O2S/c26-17-9-16-23(22(28)20(17)21-18(27)2-1-3-19(21)35)31-12-32-24(16)33-4-6-34(7-5-33)25(36)14(10-29)8-15-11-30-13-37-15/h1-3,8-9,11-13,35H,4-7H2/b14-8-. The van der Waals surface area contributed by atoms with Crippen LogP contribution in [0, 0.1) is 23.0 Å². The van der Waals surface area contributed by atoms with Gasteiger partial charge >= 0.3 is 0 Å². The monoisotopic (exact) mass is 538 g/mol. The van der Waals surface area contributed by atoms with Crippen molar-refractivity contribution in [3.8, 4) is 22.9 Å². The summed E-state index contributed by atoms with van der Waals surface area (Å²) in [5.41, 5.74) is 0.918. The van der Waals surface area contributed by atoms with E-state index < -0.39 is 17.4 Å². The van der Waals surface area contributed by atoms with Gasteiger partial charge in [-0.3, -0.25) is 9.78 Å². The first-order valence-corrected chi connectivity index (χ1v) is 12.3. The highest BCUT2D eigenvalue weighted by Crippen LogP contribution is 2.42. The number of aromatic hydroxyl groups is 1. The molecule has 3 heterocycles. The van der Waals surface area contributed by atoms with Crippen LogP contribution >= 0.6 is 22.9 Å². The number of benzene rings is 2. The molecule has 1 saturated heterocycles. The lowest BCUT2D eigenvalue weighted by atomic mass is 10.0. The fourth-order valence-corrected chi connectivity index (χ4v) is 5.07. The predicted octanol–water partition coefficient (Wildman–Crippen LogP) is 4.65. The van der Waals surface area contributed by atoms with E-state index in [1.807, 2.05) is 11.0 Å². The summed E-state index contributed by atoms with van der Waals surface area (Å²) in [7, 11) is 0. The van der Waals surface area contributed by atoms with Crippen LogP contribution in [0.4, 0.5) is 14.6 Å². The third kappa shape index (κ3) is 4.57. The van der Waals surface area contributed by atoms with Gasteiger partial charge in [0.2, 0.25) is 0 Å². The lowest BCUT2D eigenvalue weighted by Gasteiger charge is -2.35. The highest BCUT2D eigenvalue weighted by molar-refractivity contribution is 7.10. The van der Waals surface area contributed by atoms with Crippen LogP contribution in [-0.2, 0) is 4.79 Å². The zero-order valence-corrected chi connectivity index (χ0v) is 20.6. The van der Waals surface area contributed by atoms with Crippen molar-refractivity contribution in [1.82, 2.24) is 19.9 Å². The number of hydrogen-bond acceptors (Lipinski definition) is 8. The minimum atomic E-state index is -0.882. The molecule has 5 rings (SSSR count). The lowest BCUT2D eigenvalue weighted by Crippen LogP contribution is -2.49. The predicted molar refractivity (Wildman–Crippen MR) is 136 cm³/mol. The summed E-state index contributed by atoms with van der Waals surface area (Å²) < 4.78 is 30.1. The molecule has 0 spiro atoms. The molecular weight excluding hydrogens is 522 g/mol. The highest BCUT2D eigenvalue weighted by atomic mass is 35.5. The molecule has 186 valence electrons. The maximum absolute atomic E-state index is 15.6. The molecule has 2 aromatic heterocycles. The van der Waals surface area contributed by atoms with Crippen molar-refractivity contribution in [3.63, 3.8) is 0 Å². The molecule has 1 amide bonds. The molecule has 8 nitrogen and oxygen atoms in total. The average molecular weight is 539 g/mol. The van der Waals surface area contributed by atoms with Gasteiger partial charge in [0.05, 0.1) is 16.1 Å². The number of halogens is 3. The normalized spacial score (nSPS) is 14.2. The molecule has 2 aromatic carbocycles. The smallest absolute Gasteiger partial charge is 0.264 e. The van der Waals surface area contributed by atoms with Crippen LogP contribution in [0.1, 0.15) is 4.88 Å². The van der Waals surface area contributed by atoms with Crippen LogP contribution in [0.15, 0.2) is 47.9 Å². The SMILES string of the molecule is N#C/C(=C/c1cncs1)C(=O)N1CCN(c2ncnc3c(F)c(-c4c(O)cccc4F)c(Cl)cc23)CC1. The molecule has 37 heavy (non-hydrogen) atoms. The Balaban J connectivity index is 1.43. The molecule has 0 saturated carbocycles. The summed E-state index contributed by atoms with van der Waals surface area (Å²) in [6.45, 7) is 1.35. The maximum Gasteiger partial charge on any atom is 0.264 e. The first kappa shape index (κ1) is 24.5. The van der Waals surface area contributed by atoms with Gasteiger partial charge in [-0.15, -0.1) is 11.3 Å². The van der Waals surface area contributed by atoms with Crippen molar-refractivity contribution in [2.75, 3.05) is 31.1 Å². The zero-order chi connectivity index (χ0) is 26.1. The van der Waals surface area contributed by atoms with E-state index in [2.05, 4.69) is 15.0 Å². The Hall–Kier alpha value is -4.14. The largest absolute Gasteiger partial charge is 0.507 e. The van der Waals surface area contributed by atoms with E-state index >= 15 is 4.39 Å². The van der Waals surface area contributed by atoms with Crippen LogP contribution < -0.4 is 4.90 Å². The van der Waals surface area contributed by atoms with Crippen LogP contribution in [0.5, 0.6) is 5.75 Å². The lowest BCUT2D eigenvalue weighted by molar-refractivity contribution is -0.126.